The number of rotatable bonds is 0. The second-order valence-electron chi connectivity index (χ2n) is 0.379. The summed E-state index contributed by atoms with van der Waals surface area (Å²) >= 11 is -2.70. The van der Waals surface area contributed by atoms with Crippen LogP contribution >= 0.6 is 0 Å². The summed E-state index contributed by atoms with van der Waals surface area (Å²) in [6.45, 7) is 0. The Hall–Kier alpha value is 0.01000. The molecule has 0 aliphatic carbocycles. The topological polar surface area (TPSA) is 12.4 Å². The molecule has 0 bridgehead atoms. The van der Waals surface area contributed by atoms with Crippen LogP contribution in [0.25, 0.3) is 0 Å². The highest BCUT2D eigenvalue weighted by Gasteiger charge is 1.72. The first kappa shape index (κ1) is 5.01. The molecule has 0 aromatic rings. The first-order chi connectivity index (χ1) is 2.27. The molecule has 0 saturated heterocycles. The van der Waals surface area contributed by atoms with E-state index in [2.05, 4.69) is 4.36 Å². The zero-order valence-electron chi connectivity index (χ0n) is 2.61. The molecule has 0 radical (unpaired) electrons. The maximum Gasteiger partial charge on any atom is 0.261 e. The molecule has 0 rings (SSSR count). The van der Waals surface area contributed by atoms with Crippen molar-refractivity contribution in [1.29, 1.82) is 0 Å². The Balaban J connectivity index is 3.14. The summed E-state index contributed by atoms with van der Waals surface area (Å²) in [6.07, 6.45) is 0. The fourth-order valence-corrected chi connectivity index (χ4v) is 0. The van der Waals surface area contributed by atoms with Gasteiger partial charge in [-0.15, -0.1) is 7.77 Å². The highest BCUT2D eigenvalue weighted by molar-refractivity contribution is 7.76. The van der Waals surface area contributed by atoms with Crippen molar-refractivity contribution in [3.05, 3.63) is 0 Å². The van der Waals surface area contributed by atoms with Gasteiger partial charge in [-0.2, -0.15) is 0 Å². The maximum absolute atomic E-state index is 10.6. The molecule has 32 valence electrons. The predicted octanol–water partition coefficient (Wildman–Crippen LogP) is 1.19. The molecule has 0 fully saturated rings. The number of halogens is 2. The second kappa shape index (κ2) is 2.26. The van der Waals surface area contributed by atoms with E-state index in [1.165, 1.54) is 0 Å². The molecule has 0 aromatic carbocycles. The highest BCUT2D eigenvalue weighted by Crippen LogP contribution is 1.84. The molecule has 0 unspecified atom stereocenters. The Bertz CT molecular complexity index is 47.6. The average molecular weight is 99.1 g/mol. The van der Waals surface area contributed by atoms with Crippen LogP contribution in [0.1, 0.15) is 0 Å². The van der Waals surface area contributed by atoms with Crippen LogP contribution in [-0.2, 0) is 11.5 Å². The molecule has 0 spiro atoms. The number of nitrogens with zero attached hydrogens (tertiary/aromatic N) is 1. The maximum atomic E-state index is 10.6. The number of hydrogen-bond donors (Lipinski definition) is 0. The van der Waals surface area contributed by atoms with Crippen molar-refractivity contribution in [2.45, 2.75) is 0 Å². The molecular weight excluding hydrogens is 96.1 g/mol. The summed E-state index contributed by atoms with van der Waals surface area (Å²) in [5.74, 6) is 0. The van der Waals surface area contributed by atoms with E-state index in [1.54, 1.807) is 0 Å². The lowest BCUT2D eigenvalue weighted by molar-refractivity contribution is 0.784. The monoisotopic (exact) mass is 99.0 g/mol. The normalized spacial score (nSPS) is 8.80. The van der Waals surface area contributed by atoms with Gasteiger partial charge in [0.1, 0.15) is 0 Å². The van der Waals surface area contributed by atoms with Gasteiger partial charge in [-0.3, -0.25) is 0 Å². The van der Waals surface area contributed by atoms with Crippen LogP contribution in [-0.4, -0.2) is 7.05 Å². The smallest absolute Gasteiger partial charge is 0.210 e. The third-order valence-corrected chi connectivity index (χ3v) is 0.414. The predicted molar refractivity (Wildman–Crippen MR) is 17.9 cm³/mol. The lowest BCUT2D eigenvalue weighted by Crippen LogP contribution is -1.54. The van der Waals surface area contributed by atoms with Crippen LogP contribution in [0.15, 0.2) is 4.36 Å². The van der Waals surface area contributed by atoms with Crippen molar-refractivity contribution in [2.75, 3.05) is 7.05 Å². The molecular formula is CH3F2NS. The molecule has 0 aliphatic rings. The molecule has 0 atom stereocenters. The highest BCUT2D eigenvalue weighted by atomic mass is 32.2. The van der Waals surface area contributed by atoms with Crippen molar-refractivity contribution in [3.63, 3.8) is 0 Å². The first-order valence-electron chi connectivity index (χ1n) is 0.938. The summed E-state index contributed by atoms with van der Waals surface area (Å²) in [7, 11) is 1.09. The van der Waals surface area contributed by atoms with Crippen molar-refractivity contribution in [2.24, 2.45) is 4.36 Å². The van der Waals surface area contributed by atoms with Crippen molar-refractivity contribution < 1.29 is 7.77 Å². The van der Waals surface area contributed by atoms with E-state index in [0.29, 0.717) is 0 Å². The molecule has 4 heteroatoms. The summed E-state index contributed by atoms with van der Waals surface area (Å²) in [5.41, 5.74) is 0. The first-order valence-corrected chi connectivity index (χ1v) is 1.92. The van der Waals surface area contributed by atoms with Gasteiger partial charge in [0.25, 0.3) is 11.5 Å². The summed E-state index contributed by atoms with van der Waals surface area (Å²) < 4.78 is 23.8. The fraction of sp³-hybridized carbons (Fsp3) is 1.00. The van der Waals surface area contributed by atoms with Gasteiger partial charge < -0.3 is 0 Å². The Morgan fingerprint density at radius 3 is 1.80 bits per heavy atom. The second-order valence-corrected chi connectivity index (χ2v) is 1.14. The fourth-order valence-electron chi connectivity index (χ4n) is 0. The molecule has 0 amide bonds. The minimum absolute atomic E-state index is 1.09. The molecule has 5 heavy (non-hydrogen) atoms. The van der Waals surface area contributed by atoms with E-state index >= 15 is 0 Å². The Morgan fingerprint density at radius 1 is 1.60 bits per heavy atom. The quantitative estimate of drug-likeness (QED) is 0.432. The Labute approximate surface area is 31.7 Å². The van der Waals surface area contributed by atoms with Gasteiger partial charge in [-0.05, 0) is 0 Å². The van der Waals surface area contributed by atoms with E-state index in [4.69, 9.17) is 0 Å². The average Bonchev–Trinajstić information content (AvgIpc) is 1.38. The van der Waals surface area contributed by atoms with Gasteiger partial charge >= 0.3 is 0 Å². The van der Waals surface area contributed by atoms with Crippen LogP contribution in [0.3, 0.4) is 0 Å². The van der Waals surface area contributed by atoms with Crippen LogP contribution in [0, 0.1) is 0 Å². The summed E-state index contributed by atoms with van der Waals surface area (Å²) in [6, 6.07) is 0. The summed E-state index contributed by atoms with van der Waals surface area (Å²) in [4.78, 5) is 0. The van der Waals surface area contributed by atoms with Crippen LogP contribution in [0.2, 0.25) is 0 Å². The van der Waals surface area contributed by atoms with E-state index in [0.717, 1.165) is 7.05 Å². The van der Waals surface area contributed by atoms with Gasteiger partial charge in [0.2, 0.25) is 0 Å². The van der Waals surface area contributed by atoms with E-state index in [-0.39, 0.29) is 0 Å². The van der Waals surface area contributed by atoms with Crippen LogP contribution in [0.5, 0.6) is 0 Å². The van der Waals surface area contributed by atoms with Gasteiger partial charge in [0.05, 0.1) is 0 Å². The largest absolute Gasteiger partial charge is 0.261 e. The van der Waals surface area contributed by atoms with Gasteiger partial charge in [-0.1, -0.05) is 0 Å². The minimum Gasteiger partial charge on any atom is -0.210 e. The van der Waals surface area contributed by atoms with Gasteiger partial charge in [0.15, 0.2) is 0 Å². The minimum atomic E-state index is -2.70. The number of hydrogen-bond acceptors (Lipinski definition) is 1. The molecule has 1 nitrogen and oxygen atoms in total. The molecule has 0 N–H and O–H groups in total. The van der Waals surface area contributed by atoms with Crippen molar-refractivity contribution >= 4 is 11.5 Å². The summed E-state index contributed by atoms with van der Waals surface area (Å²) in [5, 5.41) is 0. The van der Waals surface area contributed by atoms with Crippen LogP contribution < -0.4 is 0 Å². The molecule has 0 aromatic heterocycles. The van der Waals surface area contributed by atoms with E-state index in [1.807, 2.05) is 0 Å². The zero-order valence-corrected chi connectivity index (χ0v) is 3.43. The molecule has 0 aliphatic heterocycles. The lowest BCUT2D eigenvalue weighted by Gasteiger charge is -1.64. The van der Waals surface area contributed by atoms with Gasteiger partial charge in [-0.25, -0.2) is 4.36 Å². The Kier molecular flexibility index (Phi) is 2.26. The Morgan fingerprint density at radius 2 is 1.80 bits per heavy atom. The third-order valence-electron chi connectivity index (χ3n) is 0.138. The molecule has 0 heterocycles. The van der Waals surface area contributed by atoms with E-state index < -0.39 is 11.5 Å². The molecule has 0 saturated carbocycles. The third kappa shape index (κ3) is 4.01. The lowest BCUT2D eigenvalue weighted by atomic mass is 11.6. The standard InChI is InChI=1S/CH3F2NS/c1-4-5(2)3/h1H3. The van der Waals surface area contributed by atoms with Crippen LogP contribution in [0.4, 0.5) is 7.77 Å². The van der Waals surface area contributed by atoms with Crippen molar-refractivity contribution in [1.82, 2.24) is 0 Å². The van der Waals surface area contributed by atoms with Crippen molar-refractivity contribution in [3.8, 4) is 0 Å². The van der Waals surface area contributed by atoms with Gasteiger partial charge in [0, 0.05) is 7.05 Å². The zero-order chi connectivity index (χ0) is 4.28. The SMILES string of the molecule is CN=S(F)F. The van der Waals surface area contributed by atoms with E-state index in [9.17, 15) is 7.77 Å².